The monoisotopic (exact) mass is 391 g/mol. The molecule has 0 unspecified atom stereocenters. The van der Waals surface area contributed by atoms with Crippen molar-refractivity contribution in [1.29, 1.82) is 0 Å². The van der Waals surface area contributed by atoms with Crippen molar-refractivity contribution in [1.82, 2.24) is 0 Å². The number of aromatic carboxylic acids is 1. The number of carboxylic acids is 1. The highest BCUT2D eigenvalue weighted by molar-refractivity contribution is 7.90. The molecular formula is C19H21NO6S. The Morgan fingerprint density at radius 2 is 1.89 bits per heavy atom. The molecule has 0 saturated heterocycles. The number of anilines is 1. The van der Waals surface area contributed by atoms with Gasteiger partial charge in [0, 0.05) is 11.9 Å². The van der Waals surface area contributed by atoms with E-state index in [1.54, 1.807) is 24.3 Å². The van der Waals surface area contributed by atoms with Gasteiger partial charge in [-0.1, -0.05) is 19.1 Å². The lowest BCUT2D eigenvalue weighted by molar-refractivity contribution is -0.115. The van der Waals surface area contributed by atoms with Crippen molar-refractivity contribution < 1.29 is 27.9 Å². The van der Waals surface area contributed by atoms with E-state index in [2.05, 4.69) is 5.32 Å². The minimum Gasteiger partial charge on any atom is -0.494 e. The number of carbonyl (C=O) groups is 2. The van der Waals surface area contributed by atoms with Crippen molar-refractivity contribution in [2.45, 2.75) is 24.7 Å². The van der Waals surface area contributed by atoms with Gasteiger partial charge in [-0.2, -0.15) is 0 Å². The molecule has 0 atom stereocenters. The first-order chi connectivity index (χ1) is 12.7. The Bertz CT molecular complexity index is 952. The summed E-state index contributed by atoms with van der Waals surface area (Å²) in [5.41, 5.74) is 0.612. The molecule has 0 aliphatic rings. The molecule has 0 heterocycles. The van der Waals surface area contributed by atoms with E-state index in [1.807, 2.05) is 6.92 Å². The van der Waals surface area contributed by atoms with Gasteiger partial charge >= 0.3 is 5.97 Å². The van der Waals surface area contributed by atoms with Gasteiger partial charge in [-0.15, -0.1) is 0 Å². The predicted molar refractivity (Wildman–Crippen MR) is 101 cm³/mol. The molecule has 2 aromatic rings. The third-order valence-electron chi connectivity index (χ3n) is 3.60. The molecule has 0 bridgehead atoms. The number of amides is 1. The fraction of sp³-hybridized carbons (Fsp3) is 0.263. The van der Waals surface area contributed by atoms with Crippen LogP contribution in [-0.4, -0.2) is 38.3 Å². The van der Waals surface area contributed by atoms with Gasteiger partial charge in [0.15, 0.2) is 9.84 Å². The van der Waals surface area contributed by atoms with Gasteiger partial charge in [0.1, 0.15) is 5.75 Å². The highest BCUT2D eigenvalue weighted by atomic mass is 32.2. The summed E-state index contributed by atoms with van der Waals surface area (Å²) in [5.74, 6) is -1.02. The maximum absolute atomic E-state index is 12.3. The molecule has 1 amide bonds. The standard InChI is InChI=1S/C19H21NO6S/c1-3-7-26-16-6-4-5-13(8-16)9-18(21)20-15-10-14(19(22)23)11-17(12-15)27(2,24)25/h4-6,8,10-12H,3,7,9H2,1-2H3,(H,20,21)(H,22,23). The van der Waals surface area contributed by atoms with Crippen LogP contribution in [0.2, 0.25) is 0 Å². The number of carbonyl (C=O) groups excluding carboxylic acids is 1. The fourth-order valence-electron chi connectivity index (χ4n) is 2.36. The van der Waals surface area contributed by atoms with Crippen LogP contribution in [-0.2, 0) is 21.1 Å². The molecule has 144 valence electrons. The minimum absolute atomic E-state index is 0.0365. The molecule has 0 spiro atoms. The van der Waals surface area contributed by atoms with Crippen molar-refractivity contribution in [3.8, 4) is 5.75 Å². The van der Waals surface area contributed by atoms with Crippen molar-refractivity contribution in [3.63, 3.8) is 0 Å². The van der Waals surface area contributed by atoms with Crippen LogP contribution in [0.4, 0.5) is 5.69 Å². The number of hydrogen-bond donors (Lipinski definition) is 2. The van der Waals surface area contributed by atoms with Gasteiger partial charge in [-0.05, 0) is 42.3 Å². The Hall–Kier alpha value is -2.87. The van der Waals surface area contributed by atoms with Gasteiger partial charge in [-0.3, -0.25) is 4.79 Å². The second-order valence-corrected chi connectivity index (χ2v) is 8.06. The maximum Gasteiger partial charge on any atom is 0.335 e. The number of ether oxygens (including phenoxy) is 1. The fourth-order valence-corrected chi connectivity index (χ4v) is 3.05. The van der Waals surface area contributed by atoms with Crippen molar-refractivity contribution >= 4 is 27.4 Å². The summed E-state index contributed by atoms with van der Waals surface area (Å²) >= 11 is 0. The van der Waals surface area contributed by atoms with Crippen LogP contribution in [0.3, 0.4) is 0 Å². The summed E-state index contributed by atoms with van der Waals surface area (Å²) in [5, 5.41) is 11.7. The van der Waals surface area contributed by atoms with Crippen molar-refractivity contribution in [2.24, 2.45) is 0 Å². The van der Waals surface area contributed by atoms with Gasteiger partial charge in [0.25, 0.3) is 0 Å². The Balaban J connectivity index is 2.18. The van der Waals surface area contributed by atoms with E-state index in [9.17, 15) is 18.0 Å². The smallest absolute Gasteiger partial charge is 0.335 e. The Morgan fingerprint density at radius 3 is 2.52 bits per heavy atom. The number of sulfone groups is 1. The molecule has 8 heteroatoms. The van der Waals surface area contributed by atoms with Crippen LogP contribution in [0.25, 0.3) is 0 Å². The third-order valence-corrected chi connectivity index (χ3v) is 4.69. The van der Waals surface area contributed by atoms with Crippen LogP contribution >= 0.6 is 0 Å². The largest absolute Gasteiger partial charge is 0.494 e. The molecule has 7 nitrogen and oxygen atoms in total. The highest BCUT2D eigenvalue weighted by Gasteiger charge is 2.15. The number of benzene rings is 2. The number of nitrogens with one attached hydrogen (secondary N) is 1. The van der Waals surface area contributed by atoms with Crippen LogP contribution < -0.4 is 10.1 Å². The second-order valence-electron chi connectivity index (χ2n) is 6.04. The molecule has 0 fully saturated rings. The predicted octanol–water partition coefficient (Wildman–Crippen LogP) is 2.76. The van der Waals surface area contributed by atoms with E-state index >= 15 is 0 Å². The zero-order valence-electron chi connectivity index (χ0n) is 15.1. The molecule has 0 aromatic heterocycles. The number of carboxylic acid groups (broad SMARTS) is 1. The average Bonchev–Trinajstić information content (AvgIpc) is 2.59. The average molecular weight is 391 g/mol. The highest BCUT2D eigenvalue weighted by Crippen LogP contribution is 2.20. The molecular weight excluding hydrogens is 370 g/mol. The van der Waals surface area contributed by atoms with E-state index < -0.39 is 21.7 Å². The van der Waals surface area contributed by atoms with Crippen LogP contribution in [0.15, 0.2) is 47.4 Å². The lowest BCUT2D eigenvalue weighted by Crippen LogP contribution is -2.15. The molecule has 2 aromatic carbocycles. The summed E-state index contributed by atoms with van der Waals surface area (Å²) in [7, 11) is -3.62. The number of hydrogen-bond acceptors (Lipinski definition) is 5. The topological polar surface area (TPSA) is 110 Å². The summed E-state index contributed by atoms with van der Waals surface area (Å²) in [6.07, 6.45) is 1.88. The lowest BCUT2D eigenvalue weighted by Gasteiger charge is -2.10. The first-order valence-electron chi connectivity index (χ1n) is 8.29. The summed E-state index contributed by atoms with van der Waals surface area (Å²) in [4.78, 5) is 23.3. The van der Waals surface area contributed by atoms with Gasteiger partial charge < -0.3 is 15.2 Å². The molecule has 0 aliphatic carbocycles. The summed E-state index contributed by atoms with van der Waals surface area (Å²) < 4.78 is 29.0. The maximum atomic E-state index is 12.3. The normalized spacial score (nSPS) is 11.0. The second kappa shape index (κ2) is 8.68. The first-order valence-corrected chi connectivity index (χ1v) is 10.2. The SMILES string of the molecule is CCCOc1cccc(CC(=O)Nc2cc(C(=O)O)cc(S(C)(=O)=O)c2)c1. The van der Waals surface area contributed by atoms with E-state index in [4.69, 9.17) is 9.84 Å². The van der Waals surface area contributed by atoms with Gasteiger partial charge in [0.05, 0.1) is 23.5 Å². The van der Waals surface area contributed by atoms with Crippen molar-refractivity contribution in [2.75, 3.05) is 18.2 Å². The molecule has 2 rings (SSSR count). The quantitative estimate of drug-likeness (QED) is 0.716. The van der Waals surface area contributed by atoms with Crippen LogP contribution in [0.1, 0.15) is 29.3 Å². The van der Waals surface area contributed by atoms with E-state index in [1.165, 1.54) is 12.1 Å². The van der Waals surface area contributed by atoms with E-state index in [-0.39, 0.29) is 22.6 Å². The molecule has 2 N–H and O–H groups in total. The van der Waals surface area contributed by atoms with E-state index in [0.717, 1.165) is 24.3 Å². The van der Waals surface area contributed by atoms with Gasteiger partial charge in [0.2, 0.25) is 5.91 Å². The van der Waals surface area contributed by atoms with Crippen LogP contribution in [0.5, 0.6) is 5.75 Å². The van der Waals surface area contributed by atoms with E-state index in [0.29, 0.717) is 12.4 Å². The Morgan fingerprint density at radius 1 is 1.15 bits per heavy atom. The zero-order chi connectivity index (χ0) is 20.0. The molecule has 0 saturated carbocycles. The Kier molecular flexibility index (Phi) is 6.57. The Labute approximate surface area is 157 Å². The first kappa shape index (κ1) is 20.4. The number of rotatable bonds is 8. The molecule has 27 heavy (non-hydrogen) atoms. The molecule has 0 radical (unpaired) electrons. The molecule has 0 aliphatic heterocycles. The minimum atomic E-state index is -3.62. The van der Waals surface area contributed by atoms with Gasteiger partial charge in [-0.25, -0.2) is 13.2 Å². The summed E-state index contributed by atoms with van der Waals surface area (Å²) in [6.45, 7) is 2.57. The zero-order valence-corrected chi connectivity index (χ0v) is 15.9. The third kappa shape index (κ3) is 6.10. The van der Waals surface area contributed by atoms with Crippen molar-refractivity contribution in [3.05, 3.63) is 53.6 Å². The lowest BCUT2D eigenvalue weighted by atomic mass is 10.1. The summed E-state index contributed by atoms with van der Waals surface area (Å²) in [6, 6.07) is 10.6. The van der Waals surface area contributed by atoms with Crippen LogP contribution in [0, 0.1) is 0 Å².